The molecule has 2 bridgehead atoms. The molecule has 1 aromatic rings. The van der Waals surface area contributed by atoms with E-state index in [0.717, 1.165) is 24.8 Å². The Morgan fingerprint density at radius 3 is 2.23 bits per heavy atom. The summed E-state index contributed by atoms with van der Waals surface area (Å²) >= 11 is 0. The topological polar surface area (TPSA) is 223 Å². The normalized spacial score (nSPS) is 29.2. The van der Waals surface area contributed by atoms with E-state index >= 15 is 0 Å². The minimum Gasteiger partial charge on any atom is -0.479 e. The first-order valence-electron chi connectivity index (χ1n) is 16.2. The van der Waals surface area contributed by atoms with Crippen LogP contribution in [0.25, 0.3) is 6.08 Å². The lowest BCUT2D eigenvalue weighted by atomic mass is 9.74. The second-order valence-corrected chi connectivity index (χ2v) is 12.4. The van der Waals surface area contributed by atoms with Gasteiger partial charge in [-0.3, -0.25) is 9.59 Å². The highest BCUT2D eigenvalue weighted by atomic mass is 16.8. The summed E-state index contributed by atoms with van der Waals surface area (Å²) in [5.74, 6) is -10.9. The Balaban J connectivity index is 1.89. The van der Waals surface area contributed by atoms with Crippen LogP contribution in [-0.2, 0) is 42.9 Å². The number of fused-ring (bicyclic) bond motifs is 2. The van der Waals surface area contributed by atoms with E-state index in [1.807, 2.05) is 56.3 Å². The van der Waals surface area contributed by atoms with Crippen molar-refractivity contribution in [2.45, 2.75) is 126 Å². The van der Waals surface area contributed by atoms with Crippen LogP contribution in [0.5, 0.6) is 0 Å². The lowest BCUT2D eigenvalue weighted by molar-refractivity contribution is -0.374. The van der Waals surface area contributed by atoms with Crippen molar-refractivity contribution < 1.29 is 68.5 Å². The first kappa shape index (κ1) is 38.6. The molecule has 14 heteroatoms. The van der Waals surface area contributed by atoms with Crippen LogP contribution < -0.4 is 0 Å². The SMILES string of the molecule is CCCCCCCC(=O)O[C@@H]1[C@@H](O)[C@@]2(CCC[C@@H](OC(C)=O)[C@H](C)C/C=C/c3ccccc3)O[C@H](C(=O)O)[C@@](O)(C(=O)O)[C@]1(C(=O)O)O2. The van der Waals surface area contributed by atoms with Crippen LogP contribution in [0.3, 0.4) is 0 Å². The molecule has 0 aromatic heterocycles. The minimum atomic E-state index is -3.84. The van der Waals surface area contributed by atoms with Gasteiger partial charge in [-0.05, 0) is 37.2 Å². The van der Waals surface area contributed by atoms with E-state index in [2.05, 4.69) is 0 Å². The summed E-state index contributed by atoms with van der Waals surface area (Å²) < 4.78 is 22.0. The van der Waals surface area contributed by atoms with Gasteiger partial charge in [0.1, 0.15) is 12.2 Å². The van der Waals surface area contributed by atoms with Gasteiger partial charge in [0.25, 0.3) is 0 Å². The number of carbonyl (C=O) groups is 5. The van der Waals surface area contributed by atoms with Gasteiger partial charge in [-0.1, -0.05) is 82.0 Å². The van der Waals surface area contributed by atoms with Crippen molar-refractivity contribution in [1.29, 1.82) is 0 Å². The molecule has 2 aliphatic heterocycles. The molecule has 3 rings (SSSR count). The molecule has 5 N–H and O–H groups in total. The number of ether oxygens (including phenoxy) is 4. The lowest BCUT2D eigenvalue weighted by Gasteiger charge is -2.48. The predicted molar refractivity (Wildman–Crippen MR) is 167 cm³/mol. The van der Waals surface area contributed by atoms with Crippen molar-refractivity contribution in [3.63, 3.8) is 0 Å². The molecule has 0 radical (unpaired) electrons. The third-order valence-corrected chi connectivity index (χ3v) is 8.93. The largest absolute Gasteiger partial charge is 0.479 e. The highest BCUT2D eigenvalue weighted by Gasteiger charge is 2.85. The first-order valence-corrected chi connectivity index (χ1v) is 16.2. The molecule has 1 aromatic carbocycles. The number of carboxylic acid groups (broad SMARTS) is 3. The quantitative estimate of drug-likeness (QED) is 0.105. The number of allylic oxidation sites excluding steroid dienone is 1. The zero-order chi connectivity index (χ0) is 35.7. The van der Waals surface area contributed by atoms with Crippen molar-refractivity contribution in [2.75, 3.05) is 0 Å². The monoisotopic (exact) mass is 678 g/mol. The van der Waals surface area contributed by atoms with Gasteiger partial charge < -0.3 is 44.5 Å². The molecule has 0 spiro atoms. The summed E-state index contributed by atoms with van der Waals surface area (Å²) in [6.07, 6.45) is -0.582. The number of esters is 2. The van der Waals surface area contributed by atoms with Gasteiger partial charge in [-0.15, -0.1) is 0 Å². The van der Waals surface area contributed by atoms with Crippen LogP contribution in [0.2, 0.25) is 0 Å². The number of hydrogen-bond donors (Lipinski definition) is 5. The van der Waals surface area contributed by atoms with E-state index in [4.69, 9.17) is 18.9 Å². The van der Waals surface area contributed by atoms with Gasteiger partial charge in [0, 0.05) is 19.8 Å². The van der Waals surface area contributed by atoms with Gasteiger partial charge in [-0.2, -0.15) is 0 Å². The number of benzene rings is 1. The number of carbonyl (C=O) groups excluding carboxylic acids is 2. The third kappa shape index (κ3) is 8.05. The molecule has 8 atom stereocenters. The summed E-state index contributed by atoms with van der Waals surface area (Å²) in [5.41, 5.74) is -6.34. The molecular weight excluding hydrogens is 632 g/mol. The molecule has 266 valence electrons. The predicted octanol–water partition coefficient (Wildman–Crippen LogP) is 3.31. The molecule has 2 aliphatic rings. The second-order valence-electron chi connectivity index (χ2n) is 12.4. The number of aliphatic hydroxyl groups is 2. The van der Waals surface area contributed by atoms with Gasteiger partial charge in [0.2, 0.25) is 23.1 Å². The average Bonchev–Trinajstić information content (AvgIpc) is 3.24. The Kier molecular flexibility index (Phi) is 13.3. The first-order chi connectivity index (χ1) is 22.7. The van der Waals surface area contributed by atoms with Gasteiger partial charge in [-0.25, -0.2) is 14.4 Å². The van der Waals surface area contributed by atoms with Gasteiger partial charge >= 0.3 is 29.8 Å². The Bertz CT molecular complexity index is 1330. The van der Waals surface area contributed by atoms with Crippen molar-refractivity contribution in [3.05, 3.63) is 42.0 Å². The smallest absolute Gasteiger partial charge is 0.344 e. The lowest BCUT2D eigenvalue weighted by Crippen LogP contribution is -2.78. The summed E-state index contributed by atoms with van der Waals surface area (Å²) in [7, 11) is 0. The average molecular weight is 679 g/mol. The fourth-order valence-corrected chi connectivity index (χ4v) is 6.38. The molecule has 0 unspecified atom stereocenters. The summed E-state index contributed by atoms with van der Waals surface area (Å²) in [4.78, 5) is 62.4. The number of rotatable bonds is 19. The van der Waals surface area contributed by atoms with E-state index in [9.17, 15) is 49.5 Å². The fourth-order valence-electron chi connectivity index (χ4n) is 6.38. The van der Waals surface area contributed by atoms with Crippen LogP contribution >= 0.6 is 0 Å². The number of hydrogen-bond acceptors (Lipinski definition) is 11. The number of aliphatic carboxylic acids is 3. The molecule has 0 amide bonds. The van der Waals surface area contributed by atoms with Crippen LogP contribution in [0.4, 0.5) is 0 Å². The minimum absolute atomic E-state index is 0.0205. The number of aliphatic hydroxyl groups excluding tert-OH is 1. The molecular formula is C34H46O14. The van der Waals surface area contributed by atoms with Crippen LogP contribution in [-0.4, -0.2) is 96.8 Å². The Labute approximate surface area is 278 Å². The Morgan fingerprint density at radius 1 is 0.979 bits per heavy atom. The third-order valence-electron chi connectivity index (χ3n) is 8.93. The van der Waals surface area contributed by atoms with E-state index in [1.165, 1.54) is 6.92 Å². The van der Waals surface area contributed by atoms with Crippen LogP contribution in [0.1, 0.15) is 90.5 Å². The van der Waals surface area contributed by atoms with E-state index in [-0.39, 0.29) is 25.2 Å². The Hall–Kier alpha value is -3.85. The van der Waals surface area contributed by atoms with Crippen LogP contribution in [0.15, 0.2) is 36.4 Å². The van der Waals surface area contributed by atoms with Crippen molar-refractivity contribution >= 4 is 35.9 Å². The maximum Gasteiger partial charge on any atom is 0.344 e. The maximum atomic E-state index is 12.9. The zero-order valence-electron chi connectivity index (χ0n) is 27.4. The molecule has 2 heterocycles. The number of carboxylic acids is 3. The highest BCUT2D eigenvalue weighted by molar-refractivity contribution is 5.98. The van der Waals surface area contributed by atoms with Gasteiger partial charge in [0.05, 0.1) is 0 Å². The van der Waals surface area contributed by atoms with E-state index in [0.29, 0.717) is 19.3 Å². The molecule has 2 saturated heterocycles. The van der Waals surface area contributed by atoms with Crippen molar-refractivity contribution in [1.82, 2.24) is 0 Å². The fraction of sp³-hybridized carbons (Fsp3) is 0.618. The van der Waals surface area contributed by atoms with Gasteiger partial charge in [0.15, 0.2) is 6.10 Å². The molecule has 2 fully saturated rings. The van der Waals surface area contributed by atoms with Crippen LogP contribution in [0, 0.1) is 5.92 Å². The molecule has 48 heavy (non-hydrogen) atoms. The van der Waals surface area contributed by atoms with Crippen molar-refractivity contribution in [3.8, 4) is 0 Å². The second kappa shape index (κ2) is 16.5. The van der Waals surface area contributed by atoms with E-state index < -0.39 is 77.7 Å². The standard InChI is InChI=1S/C34H46O14/c1-4-5-6-7-11-19-25(36)46-27-26(37)32(47-28(29(38)39)33(44,30(40)41)34(27,48-32)31(42)43)20-13-18-24(45-22(3)35)21(2)14-12-17-23-15-9-8-10-16-23/h8-10,12,15-17,21,24,26-28,37,44H,4-7,11,13-14,18-20H2,1-3H3,(H,38,39)(H,40,41)(H,42,43)/b17-12+/t21-,24-,26-,27-,28-,32+,33-,34+/m1/s1. The number of unbranched alkanes of at least 4 members (excludes halogenated alkanes) is 4. The molecule has 0 aliphatic carbocycles. The highest BCUT2D eigenvalue weighted by Crippen LogP contribution is 2.55. The maximum absolute atomic E-state index is 12.9. The molecule has 14 nitrogen and oxygen atoms in total. The molecule has 0 saturated carbocycles. The van der Waals surface area contributed by atoms with Crippen molar-refractivity contribution in [2.24, 2.45) is 5.92 Å². The zero-order valence-corrected chi connectivity index (χ0v) is 27.4. The summed E-state index contributed by atoms with van der Waals surface area (Å²) in [6.45, 7) is 5.09. The summed E-state index contributed by atoms with van der Waals surface area (Å²) in [5, 5.41) is 53.2. The summed E-state index contributed by atoms with van der Waals surface area (Å²) in [6, 6.07) is 9.52. The Morgan fingerprint density at radius 2 is 1.65 bits per heavy atom. The van der Waals surface area contributed by atoms with E-state index in [1.54, 1.807) is 0 Å².